The molecule has 7 nitrogen and oxygen atoms in total. The molecule has 4 aromatic rings. The monoisotopic (exact) mass is 474 g/mol. The Morgan fingerprint density at radius 3 is 2.09 bits per heavy atom. The maximum atomic E-state index is 13.0. The maximum absolute atomic E-state index is 13.0. The molecule has 1 N–H and O–H groups in total. The Morgan fingerprint density at radius 1 is 0.882 bits per heavy atom. The summed E-state index contributed by atoms with van der Waals surface area (Å²) in [5.74, 6) is 2.39. The molecule has 8 heteroatoms. The quantitative estimate of drug-likeness (QED) is 0.358. The molecule has 34 heavy (non-hydrogen) atoms. The van der Waals surface area contributed by atoms with Gasteiger partial charge in [-0.1, -0.05) is 54.2 Å². The van der Waals surface area contributed by atoms with Crippen molar-refractivity contribution in [1.29, 1.82) is 0 Å². The summed E-state index contributed by atoms with van der Waals surface area (Å²) < 4.78 is 12.4. The first-order chi connectivity index (χ1) is 16.6. The molecule has 1 atom stereocenters. The Balaban J connectivity index is 1.49. The average Bonchev–Trinajstić information content (AvgIpc) is 3.26. The van der Waals surface area contributed by atoms with E-state index in [1.807, 2.05) is 90.4 Å². The van der Waals surface area contributed by atoms with Crippen LogP contribution in [-0.4, -0.2) is 40.6 Å². The highest BCUT2D eigenvalue weighted by atomic mass is 32.2. The minimum Gasteiger partial charge on any atom is -0.497 e. The molecule has 0 spiro atoms. The van der Waals surface area contributed by atoms with E-state index in [4.69, 9.17) is 9.47 Å². The summed E-state index contributed by atoms with van der Waals surface area (Å²) in [5.41, 5.74) is 2.89. The number of nitrogens with zero attached hydrogens (tertiary/aromatic N) is 3. The third-order valence-corrected chi connectivity index (χ3v) is 6.27. The van der Waals surface area contributed by atoms with Crippen molar-refractivity contribution in [2.75, 3.05) is 20.0 Å². The van der Waals surface area contributed by atoms with Gasteiger partial charge in [0.25, 0.3) is 0 Å². The van der Waals surface area contributed by atoms with E-state index in [2.05, 4.69) is 15.5 Å². The van der Waals surface area contributed by atoms with Crippen molar-refractivity contribution >= 4 is 17.7 Å². The Kier molecular flexibility index (Phi) is 7.49. The molecular weight excluding hydrogens is 448 g/mol. The molecular formula is C26H26N4O3S. The molecule has 1 aromatic heterocycles. The number of thioether (sulfide) groups is 1. The van der Waals surface area contributed by atoms with E-state index in [-0.39, 0.29) is 17.7 Å². The number of ether oxygens (including phenoxy) is 2. The molecule has 0 aliphatic rings. The molecule has 1 heterocycles. The van der Waals surface area contributed by atoms with Gasteiger partial charge in [0.2, 0.25) is 5.91 Å². The summed E-state index contributed by atoms with van der Waals surface area (Å²) in [4.78, 5) is 13.0. The molecule has 3 aromatic carbocycles. The van der Waals surface area contributed by atoms with Gasteiger partial charge in [-0.3, -0.25) is 9.36 Å². The Bertz CT molecular complexity index is 1230. The van der Waals surface area contributed by atoms with Crippen LogP contribution in [0.15, 0.2) is 84.0 Å². The van der Waals surface area contributed by atoms with E-state index >= 15 is 0 Å². The van der Waals surface area contributed by atoms with Gasteiger partial charge < -0.3 is 14.8 Å². The minimum atomic E-state index is -0.276. The second-order valence-electron chi connectivity index (χ2n) is 7.54. The second-order valence-corrected chi connectivity index (χ2v) is 8.48. The number of benzene rings is 3. The van der Waals surface area contributed by atoms with Crippen LogP contribution in [0.2, 0.25) is 0 Å². The SMILES string of the molecule is COc1ccc(C(NC(=O)CSc2nnc(C)n2-c2ccc(OC)cc2)c2ccccc2)cc1. The van der Waals surface area contributed by atoms with Crippen LogP contribution in [0.4, 0.5) is 0 Å². The van der Waals surface area contributed by atoms with Gasteiger partial charge in [-0.25, -0.2) is 0 Å². The summed E-state index contributed by atoms with van der Waals surface area (Å²) >= 11 is 1.35. The van der Waals surface area contributed by atoms with E-state index in [1.165, 1.54) is 11.8 Å². The fourth-order valence-electron chi connectivity index (χ4n) is 3.60. The summed E-state index contributed by atoms with van der Waals surface area (Å²) in [7, 11) is 3.27. The van der Waals surface area contributed by atoms with E-state index in [1.54, 1.807) is 14.2 Å². The number of carbonyl (C=O) groups is 1. The smallest absolute Gasteiger partial charge is 0.231 e. The van der Waals surface area contributed by atoms with Crippen LogP contribution in [-0.2, 0) is 4.79 Å². The summed E-state index contributed by atoms with van der Waals surface area (Å²) in [6, 6.07) is 25.0. The zero-order valence-corrected chi connectivity index (χ0v) is 20.1. The second kappa shape index (κ2) is 10.9. The number of aromatic nitrogens is 3. The van der Waals surface area contributed by atoms with Crippen LogP contribution in [0.1, 0.15) is 23.0 Å². The van der Waals surface area contributed by atoms with E-state index in [0.29, 0.717) is 5.16 Å². The van der Waals surface area contributed by atoms with Gasteiger partial charge >= 0.3 is 0 Å². The molecule has 1 amide bonds. The summed E-state index contributed by atoms with van der Waals surface area (Å²) in [5, 5.41) is 12.3. The summed E-state index contributed by atoms with van der Waals surface area (Å²) in [6.45, 7) is 1.89. The van der Waals surface area contributed by atoms with Gasteiger partial charge in [-0.05, 0) is 54.4 Å². The lowest BCUT2D eigenvalue weighted by Gasteiger charge is -2.20. The Hall–Kier alpha value is -3.78. The highest BCUT2D eigenvalue weighted by molar-refractivity contribution is 7.99. The van der Waals surface area contributed by atoms with Crippen LogP contribution in [0.3, 0.4) is 0 Å². The van der Waals surface area contributed by atoms with Gasteiger partial charge in [-0.15, -0.1) is 10.2 Å². The average molecular weight is 475 g/mol. The first-order valence-corrected chi connectivity index (χ1v) is 11.7. The number of hydrogen-bond donors (Lipinski definition) is 1. The van der Waals surface area contributed by atoms with Gasteiger partial charge in [0.05, 0.1) is 26.0 Å². The Labute approximate surface area is 203 Å². The predicted octanol–water partition coefficient (Wildman–Crippen LogP) is 4.59. The fraction of sp³-hybridized carbons (Fsp3) is 0.192. The minimum absolute atomic E-state index is 0.100. The zero-order valence-electron chi connectivity index (χ0n) is 19.3. The summed E-state index contributed by atoms with van der Waals surface area (Å²) in [6.07, 6.45) is 0. The number of rotatable bonds is 9. The molecule has 0 bridgehead atoms. The number of hydrogen-bond acceptors (Lipinski definition) is 6. The van der Waals surface area contributed by atoms with E-state index in [0.717, 1.165) is 34.1 Å². The van der Waals surface area contributed by atoms with Crippen molar-refractivity contribution < 1.29 is 14.3 Å². The molecule has 0 radical (unpaired) electrons. The Morgan fingerprint density at radius 2 is 1.47 bits per heavy atom. The molecule has 1 unspecified atom stereocenters. The van der Waals surface area contributed by atoms with Gasteiger partial charge in [0.15, 0.2) is 5.16 Å². The maximum Gasteiger partial charge on any atom is 0.231 e. The van der Waals surface area contributed by atoms with Crippen molar-refractivity contribution in [3.8, 4) is 17.2 Å². The van der Waals surface area contributed by atoms with Gasteiger partial charge in [-0.2, -0.15) is 0 Å². The number of aryl methyl sites for hydroxylation is 1. The van der Waals surface area contributed by atoms with Crippen molar-refractivity contribution in [2.45, 2.75) is 18.1 Å². The van der Waals surface area contributed by atoms with Crippen LogP contribution in [0.5, 0.6) is 11.5 Å². The first kappa shape index (κ1) is 23.4. The standard InChI is InChI=1S/C26H26N4O3S/c1-18-28-29-26(30(18)21-11-15-23(33-3)16-12-21)34-17-24(31)27-25(19-7-5-4-6-8-19)20-9-13-22(32-2)14-10-20/h4-16,25H,17H2,1-3H3,(H,27,31). The largest absolute Gasteiger partial charge is 0.497 e. The van der Waals surface area contributed by atoms with Crippen molar-refractivity contribution in [2.24, 2.45) is 0 Å². The number of carbonyl (C=O) groups excluding carboxylic acids is 1. The number of methoxy groups -OCH3 is 2. The van der Waals surface area contributed by atoms with Gasteiger partial charge in [0.1, 0.15) is 17.3 Å². The number of amides is 1. The molecule has 0 fully saturated rings. The van der Waals surface area contributed by atoms with Crippen LogP contribution in [0.25, 0.3) is 5.69 Å². The zero-order chi connectivity index (χ0) is 23.9. The first-order valence-electron chi connectivity index (χ1n) is 10.8. The molecule has 0 saturated heterocycles. The van der Waals surface area contributed by atoms with Crippen LogP contribution in [0, 0.1) is 6.92 Å². The normalized spacial score (nSPS) is 11.6. The molecule has 0 aliphatic carbocycles. The highest BCUT2D eigenvalue weighted by Gasteiger charge is 2.19. The highest BCUT2D eigenvalue weighted by Crippen LogP contribution is 2.26. The fourth-order valence-corrected chi connectivity index (χ4v) is 4.41. The predicted molar refractivity (Wildman–Crippen MR) is 133 cm³/mol. The van der Waals surface area contributed by atoms with E-state index < -0.39 is 0 Å². The number of nitrogens with one attached hydrogen (secondary N) is 1. The third kappa shape index (κ3) is 5.40. The lowest BCUT2D eigenvalue weighted by molar-refractivity contribution is -0.119. The topological polar surface area (TPSA) is 78.3 Å². The van der Waals surface area contributed by atoms with Crippen molar-refractivity contribution in [3.05, 3.63) is 95.8 Å². The van der Waals surface area contributed by atoms with Crippen molar-refractivity contribution in [1.82, 2.24) is 20.1 Å². The van der Waals surface area contributed by atoms with Crippen molar-refractivity contribution in [3.63, 3.8) is 0 Å². The van der Waals surface area contributed by atoms with Crippen LogP contribution < -0.4 is 14.8 Å². The molecule has 0 aliphatic heterocycles. The lowest BCUT2D eigenvalue weighted by atomic mass is 9.98. The van der Waals surface area contributed by atoms with Gasteiger partial charge in [0, 0.05) is 5.69 Å². The molecule has 4 rings (SSSR count). The molecule has 0 saturated carbocycles. The third-order valence-electron chi connectivity index (χ3n) is 5.35. The van der Waals surface area contributed by atoms with Crippen LogP contribution >= 0.6 is 11.8 Å². The lowest BCUT2D eigenvalue weighted by Crippen LogP contribution is -2.30. The molecule has 174 valence electrons. The van der Waals surface area contributed by atoms with E-state index in [9.17, 15) is 4.79 Å².